The smallest absolute Gasteiger partial charge is 0.240 e. The minimum Gasteiger partial charge on any atom is -0.396 e. The number of nitrogens with zero attached hydrogens (tertiary/aromatic N) is 1. The number of pyridine rings is 1. The van der Waals surface area contributed by atoms with Crippen molar-refractivity contribution in [2.24, 2.45) is 0 Å². The number of benzene rings is 2. The van der Waals surface area contributed by atoms with Gasteiger partial charge >= 0.3 is 0 Å². The van der Waals surface area contributed by atoms with Gasteiger partial charge in [0, 0.05) is 24.3 Å². The number of aromatic nitrogens is 1. The SMILES string of the molecule is O=C(Cn1ccc(=O)c2ccccc21)NC(CCO)c1ccccc1. The highest BCUT2D eigenvalue weighted by Crippen LogP contribution is 2.16. The van der Waals surface area contributed by atoms with E-state index in [2.05, 4.69) is 5.32 Å². The number of carbonyl (C=O) groups excluding carboxylic acids is 1. The number of carbonyl (C=O) groups is 1. The molecule has 0 aliphatic carbocycles. The minimum absolute atomic E-state index is 0.0131. The van der Waals surface area contributed by atoms with Crippen LogP contribution >= 0.6 is 0 Å². The van der Waals surface area contributed by atoms with Gasteiger partial charge in [0.1, 0.15) is 6.54 Å². The van der Waals surface area contributed by atoms with Gasteiger partial charge in [-0.2, -0.15) is 0 Å². The van der Waals surface area contributed by atoms with E-state index in [0.717, 1.165) is 11.1 Å². The van der Waals surface area contributed by atoms with Crippen molar-refractivity contribution < 1.29 is 9.90 Å². The molecule has 0 saturated heterocycles. The molecule has 2 N–H and O–H groups in total. The first kappa shape index (κ1) is 16.9. The zero-order valence-corrected chi connectivity index (χ0v) is 13.8. The molecule has 5 nitrogen and oxygen atoms in total. The van der Waals surface area contributed by atoms with Crippen LogP contribution in [0.25, 0.3) is 10.9 Å². The highest BCUT2D eigenvalue weighted by Gasteiger charge is 2.14. The Hall–Kier alpha value is -2.92. The molecule has 25 heavy (non-hydrogen) atoms. The molecule has 0 radical (unpaired) electrons. The molecule has 2 aromatic carbocycles. The number of fused-ring (bicyclic) bond motifs is 1. The van der Waals surface area contributed by atoms with Crippen molar-refractivity contribution in [1.29, 1.82) is 0 Å². The summed E-state index contributed by atoms with van der Waals surface area (Å²) in [5, 5.41) is 12.8. The first-order chi connectivity index (χ1) is 12.2. The number of aliphatic hydroxyl groups is 1. The lowest BCUT2D eigenvalue weighted by atomic mass is 10.0. The Morgan fingerprint density at radius 2 is 1.76 bits per heavy atom. The van der Waals surface area contributed by atoms with E-state index in [9.17, 15) is 14.7 Å². The van der Waals surface area contributed by atoms with Crippen LogP contribution in [0.4, 0.5) is 0 Å². The van der Waals surface area contributed by atoms with E-state index >= 15 is 0 Å². The van der Waals surface area contributed by atoms with Crippen LogP contribution in [0.15, 0.2) is 71.7 Å². The van der Waals surface area contributed by atoms with E-state index in [1.807, 2.05) is 42.5 Å². The fourth-order valence-corrected chi connectivity index (χ4v) is 2.93. The summed E-state index contributed by atoms with van der Waals surface area (Å²) in [7, 11) is 0. The maximum Gasteiger partial charge on any atom is 0.240 e. The summed E-state index contributed by atoms with van der Waals surface area (Å²) >= 11 is 0. The Balaban J connectivity index is 1.80. The van der Waals surface area contributed by atoms with Crippen molar-refractivity contribution in [2.75, 3.05) is 6.61 Å². The van der Waals surface area contributed by atoms with E-state index < -0.39 is 0 Å². The molecular weight excluding hydrogens is 316 g/mol. The lowest BCUT2D eigenvalue weighted by Gasteiger charge is -2.19. The van der Waals surface area contributed by atoms with Crippen molar-refractivity contribution in [3.63, 3.8) is 0 Å². The Morgan fingerprint density at radius 3 is 2.52 bits per heavy atom. The van der Waals surface area contributed by atoms with Crippen molar-refractivity contribution in [3.8, 4) is 0 Å². The molecule has 128 valence electrons. The fourth-order valence-electron chi connectivity index (χ4n) is 2.93. The van der Waals surface area contributed by atoms with Crippen LogP contribution < -0.4 is 10.7 Å². The topological polar surface area (TPSA) is 71.3 Å². The van der Waals surface area contributed by atoms with Gasteiger partial charge in [0.25, 0.3) is 0 Å². The zero-order valence-electron chi connectivity index (χ0n) is 13.8. The highest BCUT2D eigenvalue weighted by atomic mass is 16.3. The summed E-state index contributed by atoms with van der Waals surface area (Å²) in [6, 6.07) is 18.0. The van der Waals surface area contributed by atoms with Crippen LogP contribution in [0.3, 0.4) is 0 Å². The fraction of sp³-hybridized carbons (Fsp3) is 0.200. The van der Waals surface area contributed by atoms with Crippen molar-refractivity contribution in [1.82, 2.24) is 9.88 Å². The third kappa shape index (κ3) is 3.95. The Bertz CT molecular complexity index is 919. The number of para-hydroxylation sites is 1. The summed E-state index contributed by atoms with van der Waals surface area (Å²) in [5.74, 6) is -0.170. The second-order valence-electron chi connectivity index (χ2n) is 5.87. The lowest BCUT2D eigenvalue weighted by Crippen LogP contribution is -2.32. The van der Waals surface area contributed by atoms with Gasteiger partial charge in [0.05, 0.1) is 11.6 Å². The van der Waals surface area contributed by atoms with Gasteiger partial charge in [0.15, 0.2) is 5.43 Å². The van der Waals surface area contributed by atoms with E-state index in [1.54, 1.807) is 22.9 Å². The summed E-state index contributed by atoms with van der Waals surface area (Å²) in [6.45, 7) is 0.0936. The largest absolute Gasteiger partial charge is 0.396 e. The Labute approximate surface area is 145 Å². The molecule has 1 aromatic heterocycles. The van der Waals surface area contributed by atoms with Crippen molar-refractivity contribution in [2.45, 2.75) is 19.0 Å². The molecule has 0 fully saturated rings. The molecular formula is C20H20N2O3. The maximum atomic E-state index is 12.5. The van der Waals surface area contributed by atoms with Gasteiger partial charge in [0.2, 0.25) is 5.91 Å². The van der Waals surface area contributed by atoms with Gasteiger partial charge in [-0.1, -0.05) is 42.5 Å². The number of rotatable bonds is 6. The number of hydrogen-bond donors (Lipinski definition) is 2. The lowest BCUT2D eigenvalue weighted by molar-refractivity contribution is -0.122. The van der Waals surface area contributed by atoms with Crippen LogP contribution in [-0.2, 0) is 11.3 Å². The number of amides is 1. The zero-order chi connectivity index (χ0) is 17.6. The molecule has 3 aromatic rings. The third-order valence-corrected chi connectivity index (χ3v) is 4.15. The molecule has 3 rings (SSSR count). The quantitative estimate of drug-likeness (QED) is 0.725. The first-order valence-electron chi connectivity index (χ1n) is 8.22. The molecule has 0 bridgehead atoms. The molecule has 0 saturated carbocycles. The summed E-state index contributed by atoms with van der Waals surface area (Å²) in [6.07, 6.45) is 2.08. The van der Waals surface area contributed by atoms with E-state index in [4.69, 9.17) is 0 Å². The van der Waals surface area contributed by atoms with Crippen LogP contribution in [0.5, 0.6) is 0 Å². The predicted molar refractivity (Wildman–Crippen MR) is 97.2 cm³/mol. The Kier molecular flexibility index (Phi) is 5.26. The monoisotopic (exact) mass is 336 g/mol. The molecule has 1 amide bonds. The molecule has 0 aliphatic rings. The van der Waals surface area contributed by atoms with E-state index in [0.29, 0.717) is 11.8 Å². The van der Waals surface area contributed by atoms with Gasteiger partial charge in [-0.05, 0) is 24.1 Å². The number of hydrogen-bond acceptors (Lipinski definition) is 3. The van der Waals surface area contributed by atoms with Crippen molar-refractivity contribution in [3.05, 3.63) is 82.6 Å². The molecule has 5 heteroatoms. The Morgan fingerprint density at radius 1 is 1.04 bits per heavy atom. The van der Waals surface area contributed by atoms with Gasteiger partial charge < -0.3 is 15.0 Å². The summed E-state index contributed by atoms with van der Waals surface area (Å²) < 4.78 is 1.76. The normalized spacial score (nSPS) is 12.0. The van der Waals surface area contributed by atoms with Crippen LogP contribution in [0.1, 0.15) is 18.0 Å². The average Bonchev–Trinajstić information content (AvgIpc) is 2.65. The summed E-state index contributed by atoms with van der Waals surface area (Å²) in [5.41, 5.74) is 1.62. The minimum atomic E-state index is -0.246. The molecule has 1 atom stereocenters. The van der Waals surface area contributed by atoms with Crippen LogP contribution in [0, 0.1) is 0 Å². The average molecular weight is 336 g/mol. The summed E-state index contributed by atoms with van der Waals surface area (Å²) in [4.78, 5) is 24.4. The van der Waals surface area contributed by atoms with Crippen LogP contribution in [0.2, 0.25) is 0 Å². The number of nitrogens with one attached hydrogen (secondary N) is 1. The second-order valence-corrected chi connectivity index (χ2v) is 5.87. The first-order valence-corrected chi connectivity index (χ1v) is 8.22. The molecule has 0 aliphatic heterocycles. The van der Waals surface area contributed by atoms with Crippen molar-refractivity contribution >= 4 is 16.8 Å². The van der Waals surface area contributed by atoms with Gasteiger partial charge in [-0.25, -0.2) is 0 Å². The molecule has 1 heterocycles. The van der Waals surface area contributed by atoms with Gasteiger partial charge in [-0.15, -0.1) is 0 Å². The van der Waals surface area contributed by atoms with Gasteiger partial charge in [-0.3, -0.25) is 9.59 Å². The van der Waals surface area contributed by atoms with E-state index in [1.165, 1.54) is 6.07 Å². The van der Waals surface area contributed by atoms with Crippen LogP contribution in [-0.4, -0.2) is 22.2 Å². The maximum absolute atomic E-state index is 12.5. The second kappa shape index (κ2) is 7.77. The molecule has 1 unspecified atom stereocenters. The highest BCUT2D eigenvalue weighted by molar-refractivity contribution is 5.82. The standard InChI is InChI=1S/C20H20N2O3/c23-13-11-17(15-6-2-1-3-7-15)21-20(25)14-22-12-10-19(24)16-8-4-5-9-18(16)22/h1-10,12,17,23H,11,13-14H2,(H,21,25). The van der Waals surface area contributed by atoms with E-state index in [-0.39, 0.29) is 30.5 Å². The third-order valence-electron chi connectivity index (χ3n) is 4.15. The predicted octanol–water partition coefficient (Wildman–Crippen LogP) is 2.24. The number of aliphatic hydroxyl groups excluding tert-OH is 1. The molecule has 0 spiro atoms.